The zero-order valence-electron chi connectivity index (χ0n) is 15.4. The van der Waals surface area contributed by atoms with Crippen LogP contribution in [0.4, 0.5) is 10.5 Å². The van der Waals surface area contributed by atoms with Crippen LogP contribution >= 0.6 is 11.7 Å². The smallest absolute Gasteiger partial charge is 0.324 e. The van der Waals surface area contributed by atoms with Crippen molar-refractivity contribution in [3.8, 4) is 0 Å². The number of nitrogens with zero attached hydrogens (tertiary/aromatic N) is 7. The van der Waals surface area contributed by atoms with Gasteiger partial charge < -0.3 is 9.80 Å². The van der Waals surface area contributed by atoms with E-state index in [0.717, 1.165) is 34.9 Å². The average molecular weight is 397 g/mol. The molecule has 0 saturated carbocycles. The molecule has 2 aromatic heterocycles. The van der Waals surface area contributed by atoms with Gasteiger partial charge in [-0.25, -0.2) is 4.79 Å². The van der Waals surface area contributed by atoms with E-state index >= 15 is 0 Å². The minimum Gasteiger partial charge on any atom is -0.336 e. The van der Waals surface area contributed by atoms with Crippen LogP contribution in [-0.4, -0.2) is 73.5 Å². The fourth-order valence-corrected chi connectivity index (χ4v) is 4.31. The fraction of sp³-hybridized carbons (Fsp3) is 0.389. The van der Waals surface area contributed by atoms with E-state index in [1.165, 1.54) is 0 Å². The van der Waals surface area contributed by atoms with E-state index in [0.29, 0.717) is 31.7 Å². The van der Waals surface area contributed by atoms with E-state index in [-0.39, 0.29) is 18.0 Å². The Morgan fingerprint density at radius 2 is 2.04 bits per heavy atom. The minimum absolute atomic E-state index is 0.00104. The third-order valence-corrected chi connectivity index (χ3v) is 6.00. The number of anilines is 1. The third kappa shape index (κ3) is 2.80. The van der Waals surface area contributed by atoms with Gasteiger partial charge >= 0.3 is 6.03 Å². The quantitative estimate of drug-likeness (QED) is 0.673. The topological polar surface area (TPSA) is 87.5 Å². The Morgan fingerprint density at radius 3 is 2.86 bits per heavy atom. The van der Waals surface area contributed by atoms with Gasteiger partial charge in [-0.3, -0.25) is 14.4 Å². The van der Waals surface area contributed by atoms with Gasteiger partial charge in [0, 0.05) is 45.0 Å². The van der Waals surface area contributed by atoms with Crippen molar-refractivity contribution in [2.45, 2.75) is 12.5 Å². The van der Waals surface area contributed by atoms with E-state index in [4.69, 9.17) is 0 Å². The summed E-state index contributed by atoms with van der Waals surface area (Å²) in [4.78, 5) is 30.3. The number of benzene rings is 1. The van der Waals surface area contributed by atoms with Crippen molar-refractivity contribution in [3.05, 3.63) is 36.2 Å². The Morgan fingerprint density at radius 1 is 1.18 bits per heavy atom. The summed E-state index contributed by atoms with van der Waals surface area (Å²) in [5, 5.41) is 4.45. The van der Waals surface area contributed by atoms with E-state index < -0.39 is 0 Å². The molecular formula is C18H19N7O2S. The summed E-state index contributed by atoms with van der Waals surface area (Å²) in [7, 11) is 1.80. The molecule has 1 unspecified atom stereocenters. The van der Waals surface area contributed by atoms with Gasteiger partial charge in [-0.05, 0) is 24.6 Å². The standard InChI is InChI=1S/C18H19N7O2S/c1-22-6-7-24(18(22)27)14-9-19-25(11-14)13-4-5-23(10-13)17(26)12-2-3-15-16(8-12)21-28-20-15/h2-3,8-9,11,13H,4-7,10H2,1H3. The first-order valence-electron chi connectivity index (χ1n) is 9.18. The number of rotatable bonds is 3. The highest BCUT2D eigenvalue weighted by Gasteiger charge is 2.31. The van der Waals surface area contributed by atoms with Gasteiger partial charge in [0.05, 0.1) is 29.7 Å². The largest absolute Gasteiger partial charge is 0.336 e. The lowest BCUT2D eigenvalue weighted by Gasteiger charge is -2.17. The van der Waals surface area contributed by atoms with Gasteiger partial charge in [0.25, 0.3) is 5.91 Å². The zero-order chi connectivity index (χ0) is 19.3. The summed E-state index contributed by atoms with van der Waals surface area (Å²) in [5.41, 5.74) is 3.00. The molecule has 1 atom stereocenters. The molecule has 5 rings (SSSR count). The molecule has 3 aromatic rings. The van der Waals surface area contributed by atoms with Gasteiger partial charge in [-0.2, -0.15) is 13.8 Å². The van der Waals surface area contributed by atoms with Crippen molar-refractivity contribution in [1.82, 2.24) is 28.3 Å². The van der Waals surface area contributed by atoms with Crippen molar-refractivity contribution >= 4 is 40.4 Å². The van der Waals surface area contributed by atoms with Crippen LogP contribution in [-0.2, 0) is 0 Å². The van der Waals surface area contributed by atoms with E-state index in [9.17, 15) is 9.59 Å². The number of likely N-dealkylation sites (N-methyl/N-ethyl adjacent to an activating group) is 1. The number of aromatic nitrogens is 4. The number of urea groups is 1. The molecule has 144 valence electrons. The maximum atomic E-state index is 12.9. The lowest BCUT2D eigenvalue weighted by Crippen LogP contribution is -2.29. The Balaban J connectivity index is 1.29. The van der Waals surface area contributed by atoms with E-state index in [1.54, 1.807) is 35.2 Å². The van der Waals surface area contributed by atoms with Crippen molar-refractivity contribution in [2.75, 3.05) is 38.1 Å². The fourth-order valence-electron chi connectivity index (χ4n) is 3.79. The van der Waals surface area contributed by atoms with Crippen molar-refractivity contribution < 1.29 is 9.59 Å². The number of fused-ring (bicyclic) bond motifs is 1. The molecule has 9 nitrogen and oxygen atoms in total. The maximum Gasteiger partial charge on any atom is 0.324 e. The van der Waals surface area contributed by atoms with Gasteiger partial charge in [0.2, 0.25) is 0 Å². The molecule has 4 heterocycles. The van der Waals surface area contributed by atoms with Crippen LogP contribution in [0.1, 0.15) is 22.8 Å². The molecule has 10 heteroatoms. The normalized spacial score (nSPS) is 20.0. The molecule has 0 aliphatic carbocycles. The molecule has 28 heavy (non-hydrogen) atoms. The van der Waals surface area contributed by atoms with E-state index in [2.05, 4.69) is 13.8 Å². The summed E-state index contributed by atoms with van der Waals surface area (Å²) >= 11 is 1.15. The van der Waals surface area contributed by atoms with Crippen LogP contribution in [0.25, 0.3) is 11.0 Å². The number of amides is 3. The molecule has 2 aliphatic heterocycles. The first-order chi connectivity index (χ1) is 13.6. The first kappa shape index (κ1) is 17.1. The van der Waals surface area contributed by atoms with Crippen LogP contribution in [0.15, 0.2) is 30.6 Å². The average Bonchev–Trinajstić information content (AvgIpc) is 3.48. The summed E-state index contributed by atoms with van der Waals surface area (Å²) in [6.45, 7) is 2.66. The lowest BCUT2D eigenvalue weighted by molar-refractivity contribution is 0.0787. The molecule has 0 N–H and O–H groups in total. The number of likely N-dealkylation sites (tertiary alicyclic amines) is 1. The van der Waals surface area contributed by atoms with Crippen LogP contribution in [0.2, 0.25) is 0 Å². The van der Waals surface area contributed by atoms with Gasteiger partial charge in [0.15, 0.2) is 0 Å². The summed E-state index contributed by atoms with van der Waals surface area (Å²) in [5.74, 6) is 0.00104. The van der Waals surface area contributed by atoms with Crippen molar-refractivity contribution in [2.24, 2.45) is 0 Å². The zero-order valence-corrected chi connectivity index (χ0v) is 16.2. The minimum atomic E-state index is -0.00491. The first-order valence-corrected chi connectivity index (χ1v) is 9.91. The molecular weight excluding hydrogens is 378 g/mol. The third-order valence-electron chi connectivity index (χ3n) is 5.44. The van der Waals surface area contributed by atoms with Crippen molar-refractivity contribution in [1.29, 1.82) is 0 Å². The second-order valence-electron chi connectivity index (χ2n) is 7.20. The van der Waals surface area contributed by atoms with Gasteiger partial charge in [-0.15, -0.1) is 0 Å². The van der Waals surface area contributed by atoms with Gasteiger partial charge in [-0.1, -0.05) is 0 Å². The molecule has 0 spiro atoms. The number of hydrogen-bond acceptors (Lipinski definition) is 6. The second kappa shape index (κ2) is 6.55. The molecule has 3 amide bonds. The number of carbonyl (C=O) groups is 2. The number of carbonyl (C=O) groups excluding carboxylic acids is 2. The monoisotopic (exact) mass is 397 g/mol. The lowest BCUT2D eigenvalue weighted by atomic mass is 10.2. The van der Waals surface area contributed by atoms with Crippen molar-refractivity contribution in [3.63, 3.8) is 0 Å². The van der Waals surface area contributed by atoms with Crippen LogP contribution in [0.3, 0.4) is 0 Å². The predicted octanol–water partition coefficient (Wildman–Crippen LogP) is 1.85. The van der Waals surface area contributed by atoms with Gasteiger partial charge in [0.1, 0.15) is 11.0 Å². The summed E-state index contributed by atoms with van der Waals surface area (Å²) < 4.78 is 10.3. The highest BCUT2D eigenvalue weighted by Crippen LogP contribution is 2.26. The molecule has 1 aromatic carbocycles. The maximum absolute atomic E-state index is 12.9. The SMILES string of the molecule is CN1CCN(c2cnn(C3CCN(C(=O)c4ccc5nsnc5c4)C3)c2)C1=O. The Labute approximate surface area is 165 Å². The van der Waals surface area contributed by atoms with Crippen LogP contribution < -0.4 is 4.90 Å². The van der Waals surface area contributed by atoms with E-state index in [1.807, 2.05) is 21.8 Å². The summed E-state index contributed by atoms with van der Waals surface area (Å²) in [6.07, 6.45) is 4.47. The molecule has 2 aliphatic rings. The Bertz CT molecular complexity index is 1060. The highest BCUT2D eigenvalue weighted by atomic mass is 32.1. The predicted molar refractivity (Wildman–Crippen MR) is 105 cm³/mol. The van der Waals surface area contributed by atoms with Crippen LogP contribution in [0, 0.1) is 0 Å². The second-order valence-corrected chi connectivity index (χ2v) is 7.72. The molecule has 0 radical (unpaired) electrons. The molecule has 0 bridgehead atoms. The molecule has 2 saturated heterocycles. The van der Waals surface area contributed by atoms with Crippen LogP contribution in [0.5, 0.6) is 0 Å². The Kier molecular flexibility index (Phi) is 4.00. The highest BCUT2D eigenvalue weighted by molar-refractivity contribution is 7.00. The number of hydrogen-bond donors (Lipinski definition) is 0. The summed E-state index contributed by atoms with van der Waals surface area (Å²) in [6, 6.07) is 5.55. The Hall–Kier alpha value is -3.01. The molecule has 2 fully saturated rings.